The highest BCUT2D eigenvalue weighted by Gasteiger charge is 2.25. The van der Waals surface area contributed by atoms with Gasteiger partial charge in [0.2, 0.25) is 15.9 Å². The Kier molecular flexibility index (Phi) is 6.14. The number of benzene rings is 2. The number of nitrogens with one attached hydrogen (secondary N) is 2. The molecule has 0 unspecified atom stereocenters. The molecule has 1 heterocycles. The molecule has 1 aliphatic rings. The average Bonchev–Trinajstić information content (AvgIpc) is 2.73. The predicted molar refractivity (Wildman–Crippen MR) is 107 cm³/mol. The van der Waals surface area contributed by atoms with E-state index in [1.165, 1.54) is 35.4 Å². The molecule has 0 radical (unpaired) electrons. The first-order chi connectivity index (χ1) is 14.2. The highest BCUT2D eigenvalue weighted by molar-refractivity contribution is 7.89. The maximum Gasteiger partial charge on any atom is 0.356 e. The quantitative estimate of drug-likeness (QED) is 0.570. The van der Waals surface area contributed by atoms with Crippen LogP contribution >= 0.6 is 0 Å². The highest BCUT2D eigenvalue weighted by Crippen LogP contribution is 2.17. The largest absolute Gasteiger partial charge is 0.451 e. The van der Waals surface area contributed by atoms with E-state index in [0.717, 1.165) is 0 Å². The van der Waals surface area contributed by atoms with Gasteiger partial charge in [0.05, 0.1) is 10.6 Å². The molecule has 0 fully saturated rings. The third kappa shape index (κ3) is 5.21. The third-order valence-electron chi connectivity index (χ3n) is 4.00. The number of carbonyl (C=O) groups excluding carboxylic acids is 3. The molecule has 3 rings (SSSR count). The summed E-state index contributed by atoms with van der Waals surface area (Å²) in [4.78, 5) is 36.2. The van der Waals surface area contributed by atoms with E-state index in [0.29, 0.717) is 11.4 Å². The van der Waals surface area contributed by atoms with Gasteiger partial charge in [0.25, 0.3) is 5.91 Å². The van der Waals surface area contributed by atoms with E-state index in [1.54, 1.807) is 30.3 Å². The van der Waals surface area contributed by atoms with Gasteiger partial charge in [0.15, 0.2) is 6.61 Å². The van der Waals surface area contributed by atoms with Gasteiger partial charge in [0.1, 0.15) is 5.70 Å². The van der Waals surface area contributed by atoms with Gasteiger partial charge in [-0.15, -0.1) is 0 Å². The van der Waals surface area contributed by atoms with Crippen molar-refractivity contribution in [3.05, 3.63) is 66.4 Å². The summed E-state index contributed by atoms with van der Waals surface area (Å²) in [7, 11) is -3.83. The number of ether oxygens (including phenoxy) is 1. The summed E-state index contributed by atoms with van der Waals surface area (Å²) in [6.07, 6.45) is 1.38. The summed E-state index contributed by atoms with van der Waals surface area (Å²) in [5, 5.41) is 8.70. The SMILES string of the molecule is NS(=O)(=O)c1ccc(NC(=O)COC(=O)C2=CCC(=O)N(c3ccccc3)N2)cc1. The standard InChI is InChI=1S/C19H18N4O6S/c20-30(27,28)15-8-6-13(7-9-15)21-17(24)12-29-19(26)16-10-11-18(25)23(22-16)14-4-2-1-3-5-14/h1-10,22H,11-12H2,(H,21,24)(H2,20,27,28). The average molecular weight is 430 g/mol. The zero-order valence-electron chi connectivity index (χ0n) is 15.6. The fourth-order valence-corrected chi connectivity index (χ4v) is 3.07. The maximum atomic E-state index is 12.2. The number of para-hydroxylation sites is 1. The van der Waals surface area contributed by atoms with Crippen molar-refractivity contribution in [2.75, 3.05) is 16.9 Å². The van der Waals surface area contributed by atoms with Crippen LogP contribution in [0.15, 0.2) is 71.3 Å². The molecule has 156 valence electrons. The molecule has 0 saturated carbocycles. The molecular weight excluding hydrogens is 412 g/mol. The van der Waals surface area contributed by atoms with Crippen LogP contribution in [0, 0.1) is 0 Å². The maximum absolute atomic E-state index is 12.2. The lowest BCUT2D eigenvalue weighted by Gasteiger charge is -2.28. The Morgan fingerprint density at radius 1 is 1.10 bits per heavy atom. The first-order valence-electron chi connectivity index (χ1n) is 8.69. The Balaban J connectivity index is 1.55. The molecule has 0 atom stereocenters. The molecular formula is C19H18N4O6S. The molecule has 0 saturated heterocycles. The van der Waals surface area contributed by atoms with Crippen LogP contribution in [0.25, 0.3) is 0 Å². The van der Waals surface area contributed by atoms with Crippen molar-refractivity contribution < 1.29 is 27.5 Å². The second kappa shape index (κ2) is 8.76. The lowest BCUT2D eigenvalue weighted by atomic mass is 10.2. The molecule has 1 aliphatic heterocycles. The van der Waals surface area contributed by atoms with Crippen molar-refractivity contribution in [2.45, 2.75) is 11.3 Å². The first kappa shape index (κ1) is 21.0. The van der Waals surface area contributed by atoms with Crippen LogP contribution in [0.1, 0.15) is 6.42 Å². The number of amides is 2. The summed E-state index contributed by atoms with van der Waals surface area (Å²) in [5.74, 6) is -1.68. The van der Waals surface area contributed by atoms with E-state index in [2.05, 4.69) is 10.7 Å². The Hall–Kier alpha value is -3.70. The normalized spacial score (nSPS) is 13.8. The van der Waals surface area contributed by atoms with Crippen LogP contribution in [0.2, 0.25) is 0 Å². The topological polar surface area (TPSA) is 148 Å². The smallest absolute Gasteiger partial charge is 0.356 e. The number of hydrazine groups is 1. The minimum Gasteiger partial charge on any atom is -0.451 e. The number of hydrogen-bond acceptors (Lipinski definition) is 7. The molecule has 0 aliphatic carbocycles. The van der Waals surface area contributed by atoms with Gasteiger partial charge in [-0.2, -0.15) is 0 Å². The Morgan fingerprint density at radius 2 is 1.77 bits per heavy atom. The van der Waals surface area contributed by atoms with Crippen LogP contribution in [-0.2, 0) is 29.1 Å². The molecule has 2 aromatic rings. The number of nitrogens with zero attached hydrogens (tertiary/aromatic N) is 1. The monoisotopic (exact) mass is 430 g/mol. The lowest BCUT2D eigenvalue weighted by Crippen LogP contribution is -2.47. The Morgan fingerprint density at radius 3 is 2.40 bits per heavy atom. The van der Waals surface area contributed by atoms with Crippen LogP contribution in [0.3, 0.4) is 0 Å². The minimum absolute atomic E-state index is 0.00504. The zero-order chi connectivity index (χ0) is 21.7. The Bertz CT molecular complexity index is 1100. The van der Waals surface area contributed by atoms with E-state index in [9.17, 15) is 22.8 Å². The lowest BCUT2D eigenvalue weighted by molar-refractivity contribution is -0.143. The molecule has 11 heteroatoms. The molecule has 2 aromatic carbocycles. The number of carbonyl (C=O) groups is 3. The van der Waals surface area contributed by atoms with Crippen LogP contribution in [-0.4, -0.2) is 32.8 Å². The van der Waals surface area contributed by atoms with E-state index in [-0.39, 0.29) is 22.9 Å². The van der Waals surface area contributed by atoms with E-state index in [4.69, 9.17) is 9.88 Å². The summed E-state index contributed by atoms with van der Waals surface area (Å²) < 4.78 is 27.4. The molecule has 4 N–H and O–H groups in total. The van der Waals surface area contributed by atoms with Gasteiger partial charge in [-0.05, 0) is 42.5 Å². The van der Waals surface area contributed by atoms with E-state index < -0.39 is 28.5 Å². The molecule has 10 nitrogen and oxygen atoms in total. The summed E-state index contributed by atoms with van der Waals surface area (Å²) in [6, 6.07) is 13.9. The van der Waals surface area contributed by atoms with Crippen molar-refractivity contribution in [1.29, 1.82) is 0 Å². The van der Waals surface area contributed by atoms with Crippen molar-refractivity contribution in [2.24, 2.45) is 5.14 Å². The van der Waals surface area contributed by atoms with Crippen LogP contribution < -0.4 is 20.9 Å². The zero-order valence-corrected chi connectivity index (χ0v) is 16.4. The third-order valence-corrected chi connectivity index (χ3v) is 4.93. The van der Waals surface area contributed by atoms with Gasteiger partial charge in [-0.3, -0.25) is 15.0 Å². The van der Waals surface area contributed by atoms with Gasteiger partial charge < -0.3 is 10.1 Å². The van der Waals surface area contributed by atoms with E-state index in [1.807, 2.05) is 0 Å². The summed E-state index contributed by atoms with van der Waals surface area (Å²) >= 11 is 0. The fraction of sp³-hybridized carbons (Fsp3) is 0.105. The first-order valence-corrected chi connectivity index (χ1v) is 10.2. The second-order valence-corrected chi connectivity index (χ2v) is 7.75. The fourth-order valence-electron chi connectivity index (χ4n) is 2.56. The summed E-state index contributed by atoms with van der Waals surface area (Å²) in [6.45, 7) is -0.575. The van der Waals surface area contributed by atoms with Gasteiger partial charge >= 0.3 is 5.97 Å². The molecule has 0 spiro atoms. The van der Waals surface area contributed by atoms with Gasteiger partial charge in [0, 0.05) is 12.1 Å². The number of nitrogens with two attached hydrogens (primary N) is 1. The number of sulfonamides is 1. The Labute approximate surface area is 172 Å². The highest BCUT2D eigenvalue weighted by atomic mass is 32.2. The molecule has 30 heavy (non-hydrogen) atoms. The van der Waals surface area contributed by atoms with Crippen LogP contribution in [0.5, 0.6) is 0 Å². The number of primary sulfonamides is 1. The van der Waals surface area contributed by atoms with Gasteiger partial charge in [-0.1, -0.05) is 18.2 Å². The molecule has 0 bridgehead atoms. The molecule has 0 aromatic heterocycles. The van der Waals surface area contributed by atoms with Crippen molar-refractivity contribution in [1.82, 2.24) is 5.43 Å². The number of esters is 1. The van der Waals surface area contributed by atoms with E-state index >= 15 is 0 Å². The predicted octanol–water partition coefficient (Wildman–Crippen LogP) is 0.641. The summed E-state index contributed by atoms with van der Waals surface area (Å²) in [5.41, 5.74) is 3.58. The minimum atomic E-state index is -3.83. The number of rotatable bonds is 6. The molecule has 2 amide bonds. The number of hydrogen-bond donors (Lipinski definition) is 3. The van der Waals surface area contributed by atoms with Gasteiger partial charge in [-0.25, -0.2) is 23.4 Å². The van der Waals surface area contributed by atoms with Crippen LogP contribution in [0.4, 0.5) is 11.4 Å². The second-order valence-electron chi connectivity index (χ2n) is 6.19. The van der Waals surface area contributed by atoms with Crippen molar-refractivity contribution in [3.8, 4) is 0 Å². The van der Waals surface area contributed by atoms with Crippen molar-refractivity contribution in [3.63, 3.8) is 0 Å². The number of anilines is 2. The van der Waals surface area contributed by atoms with Crippen molar-refractivity contribution >= 4 is 39.2 Å².